The van der Waals surface area contributed by atoms with Gasteiger partial charge in [-0.1, -0.05) is 17.7 Å². The Kier molecular flexibility index (Phi) is 5.54. The van der Waals surface area contributed by atoms with E-state index < -0.39 is 35.9 Å². The second-order valence-corrected chi connectivity index (χ2v) is 5.87. The minimum atomic E-state index is -1.13. The van der Waals surface area contributed by atoms with Crippen molar-refractivity contribution in [1.82, 2.24) is 5.32 Å². The van der Waals surface area contributed by atoms with E-state index in [9.17, 15) is 14.0 Å². The van der Waals surface area contributed by atoms with Crippen LogP contribution in [0.15, 0.2) is 18.2 Å². The minimum absolute atomic E-state index is 0.0392. The number of hydrogen-bond acceptors (Lipinski definition) is 3. The molecule has 5 nitrogen and oxygen atoms in total. The SMILES string of the molecule is CC(C)(C)OC(=O)N[C@@H](CC(=O)O)c1ccc(F)cc1Cl. The first kappa shape index (κ1) is 17.2. The van der Waals surface area contributed by atoms with Gasteiger partial charge < -0.3 is 15.2 Å². The van der Waals surface area contributed by atoms with Crippen LogP contribution in [-0.4, -0.2) is 22.8 Å². The number of amides is 1. The number of aliphatic carboxylic acids is 1. The zero-order chi connectivity index (χ0) is 16.2. The molecule has 0 heterocycles. The highest BCUT2D eigenvalue weighted by atomic mass is 35.5. The maximum atomic E-state index is 13.0. The highest BCUT2D eigenvalue weighted by Crippen LogP contribution is 2.26. The van der Waals surface area contributed by atoms with Gasteiger partial charge in [-0.25, -0.2) is 9.18 Å². The summed E-state index contributed by atoms with van der Waals surface area (Å²) in [5, 5.41) is 11.4. The van der Waals surface area contributed by atoms with Crippen LogP contribution in [0.2, 0.25) is 5.02 Å². The standard InChI is InChI=1S/C14H17ClFNO4/c1-14(2,3)21-13(20)17-11(7-12(18)19)9-5-4-8(16)6-10(9)15/h4-6,11H,7H2,1-3H3,(H,17,20)(H,18,19)/t11-/m0/s1. The second-order valence-electron chi connectivity index (χ2n) is 5.46. The van der Waals surface area contributed by atoms with E-state index in [1.807, 2.05) is 0 Å². The fourth-order valence-electron chi connectivity index (χ4n) is 1.65. The molecule has 0 unspecified atom stereocenters. The first-order valence-electron chi connectivity index (χ1n) is 6.25. The molecule has 0 aromatic heterocycles. The van der Waals surface area contributed by atoms with Crippen molar-refractivity contribution in [3.05, 3.63) is 34.6 Å². The van der Waals surface area contributed by atoms with Crippen LogP contribution in [-0.2, 0) is 9.53 Å². The molecule has 0 aliphatic heterocycles. The van der Waals surface area contributed by atoms with Crippen LogP contribution in [0, 0.1) is 5.82 Å². The minimum Gasteiger partial charge on any atom is -0.481 e. The molecule has 0 saturated heterocycles. The topological polar surface area (TPSA) is 75.6 Å². The van der Waals surface area contributed by atoms with Gasteiger partial charge in [-0.3, -0.25) is 4.79 Å². The number of carbonyl (C=O) groups excluding carboxylic acids is 1. The Bertz CT molecular complexity index is 542. The number of alkyl carbamates (subject to hydrolysis) is 1. The van der Waals surface area contributed by atoms with E-state index >= 15 is 0 Å². The third-order valence-corrected chi connectivity index (χ3v) is 2.73. The van der Waals surface area contributed by atoms with Crippen molar-refractivity contribution in [1.29, 1.82) is 0 Å². The van der Waals surface area contributed by atoms with Crippen LogP contribution in [0.3, 0.4) is 0 Å². The average molecular weight is 318 g/mol. The van der Waals surface area contributed by atoms with Crippen molar-refractivity contribution in [3.8, 4) is 0 Å². The molecule has 0 spiro atoms. The maximum Gasteiger partial charge on any atom is 0.408 e. The number of halogens is 2. The Morgan fingerprint density at radius 2 is 2.05 bits per heavy atom. The molecule has 7 heteroatoms. The molecule has 116 valence electrons. The van der Waals surface area contributed by atoms with E-state index in [0.29, 0.717) is 5.56 Å². The smallest absolute Gasteiger partial charge is 0.408 e. The van der Waals surface area contributed by atoms with Crippen LogP contribution in [0.25, 0.3) is 0 Å². The summed E-state index contributed by atoms with van der Waals surface area (Å²) in [5.41, 5.74) is -0.406. The largest absolute Gasteiger partial charge is 0.481 e. The van der Waals surface area contributed by atoms with Gasteiger partial charge in [-0.2, -0.15) is 0 Å². The molecule has 2 N–H and O–H groups in total. The Morgan fingerprint density at radius 3 is 2.52 bits per heavy atom. The number of nitrogens with one attached hydrogen (secondary N) is 1. The zero-order valence-electron chi connectivity index (χ0n) is 11.9. The zero-order valence-corrected chi connectivity index (χ0v) is 12.7. The molecule has 21 heavy (non-hydrogen) atoms. The van der Waals surface area contributed by atoms with E-state index in [4.69, 9.17) is 21.4 Å². The van der Waals surface area contributed by atoms with Crippen LogP contribution < -0.4 is 5.32 Å². The number of carboxylic acids is 1. The van der Waals surface area contributed by atoms with Crippen LogP contribution in [0.5, 0.6) is 0 Å². The molecule has 1 rings (SSSR count). The normalized spacial score (nSPS) is 12.6. The lowest BCUT2D eigenvalue weighted by Crippen LogP contribution is -2.35. The summed E-state index contributed by atoms with van der Waals surface area (Å²) in [6.45, 7) is 5.05. The first-order valence-corrected chi connectivity index (χ1v) is 6.62. The van der Waals surface area contributed by atoms with Gasteiger partial charge in [0.25, 0.3) is 0 Å². The van der Waals surface area contributed by atoms with E-state index in [2.05, 4.69) is 5.32 Å². The molecule has 0 fully saturated rings. The lowest BCUT2D eigenvalue weighted by atomic mass is 10.0. The quantitative estimate of drug-likeness (QED) is 0.891. The molecular formula is C14H17ClFNO4. The summed E-state index contributed by atoms with van der Waals surface area (Å²) in [5.74, 6) is -1.67. The summed E-state index contributed by atoms with van der Waals surface area (Å²) in [6, 6.07) is 2.63. The lowest BCUT2D eigenvalue weighted by molar-refractivity contribution is -0.137. The van der Waals surface area contributed by atoms with Crippen molar-refractivity contribution in [3.63, 3.8) is 0 Å². The van der Waals surface area contributed by atoms with Crippen LogP contribution in [0.4, 0.5) is 9.18 Å². The van der Waals surface area contributed by atoms with Gasteiger partial charge in [0.15, 0.2) is 0 Å². The van der Waals surface area contributed by atoms with Gasteiger partial charge in [0.2, 0.25) is 0 Å². The monoisotopic (exact) mass is 317 g/mol. The van der Waals surface area contributed by atoms with Gasteiger partial charge in [-0.15, -0.1) is 0 Å². The van der Waals surface area contributed by atoms with Gasteiger partial charge in [0, 0.05) is 5.02 Å². The summed E-state index contributed by atoms with van der Waals surface area (Å²) in [6.07, 6.45) is -1.17. The molecule has 0 aliphatic rings. The Hall–Kier alpha value is -1.82. The van der Waals surface area contributed by atoms with E-state index in [-0.39, 0.29) is 5.02 Å². The number of carboxylic acid groups (broad SMARTS) is 1. The van der Waals surface area contributed by atoms with Gasteiger partial charge in [-0.05, 0) is 38.5 Å². The van der Waals surface area contributed by atoms with Crippen molar-refractivity contribution in [2.24, 2.45) is 0 Å². The first-order chi connectivity index (χ1) is 9.58. The molecule has 0 bridgehead atoms. The highest BCUT2D eigenvalue weighted by molar-refractivity contribution is 6.31. The fraction of sp³-hybridized carbons (Fsp3) is 0.429. The molecule has 0 aliphatic carbocycles. The van der Waals surface area contributed by atoms with Crippen molar-refractivity contribution < 1.29 is 23.8 Å². The number of ether oxygens (including phenoxy) is 1. The summed E-state index contributed by atoms with van der Waals surface area (Å²) in [4.78, 5) is 22.7. The van der Waals surface area contributed by atoms with Crippen LogP contribution in [0.1, 0.15) is 38.8 Å². The third kappa shape index (κ3) is 5.99. The lowest BCUT2D eigenvalue weighted by Gasteiger charge is -2.23. The Balaban J connectivity index is 2.95. The van der Waals surface area contributed by atoms with Crippen LogP contribution >= 0.6 is 11.6 Å². The highest BCUT2D eigenvalue weighted by Gasteiger charge is 2.24. The number of hydrogen-bond donors (Lipinski definition) is 2. The van der Waals surface area contributed by atoms with E-state index in [1.54, 1.807) is 20.8 Å². The maximum absolute atomic E-state index is 13.0. The molecule has 0 radical (unpaired) electrons. The van der Waals surface area contributed by atoms with E-state index in [0.717, 1.165) is 12.1 Å². The summed E-state index contributed by atoms with van der Waals surface area (Å²) in [7, 11) is 0. The predicted octanol–water partition coefficient (Wildman–Crippen LogP) is 3.52. The predicted molar refractivity (Wildman–Crippen MR) is 75.8 cm³/mol. The van der Waals surface area contributed by atoms with Gasteiger partial charge in [0.1, 0.15) is 11.4 Å². The van der Waals surface area contributed by atoms with Crippen molar-refractivity contribution in [2.45, 2.75) is 38.8 Å². The Labute approximate surface area is 127 Å². The molecule has 1 atom stereocenters. The molecule has 1 amide bonds. The Morgan fingerprint density at radius 1 is 1.43 bits per heavy atom. The van der Waals surface area contributed by atoms with Gasteiger partial charge >= 0.3 is 12.1 Å². The molecule has 1 aromatic carbocycles. The van der Waals surface area contributed by atoms with Crippen molar-refractivity contribution >= 4 is 23.7 Å². The van der Waals surface area contributed by atoms with Crippen molar-refractivity contribution in [2.75, 3.05) is 0 Å². The third-order valence-electron chi connectivity index (χ3n) is 2.41. The second kappa shape index (κ2) is 6.76. The number of carbonyl (C=O) groups is 2. The molecule has 1 aromatic rings. The summed E-state index contributed by atoms with van der Waals surface area (Å²) >= 11 is 5.90. The number of benzene rings is 1. The molecule has 0 saturated carbocycles. The molecular weight excluding hydrogens is 301 g/mol. The average Bonchev–Trinajstić information content (AvgIpc) is 2.24. The van der Waals surface area contributed by atoms with E-state index in [1.165, 1.54) is 6.07 Å². The van der Waals surface area contributed by atoms with Gasteiger partial charge in [0.05, 0.1) is 12.5 Å². The fourth-order valence-corrected chi connectivity index (χ4v) is 1.95. The summed E-state index contributed by atoms with van der Waals surface area (Å²) < 4.78 is 18.1. The number of rotatable bonds is 4.